The molecule has 0 aliphatic carbocycles. The number of aromatic nitrogens is 1. The lowest BCUT2D eigenvalue weighted by Gasteiger charge is -1.99. The van der Waals surface area contributed by atoms with Crippen molar-refractivity contribution < 1.29 is 4.79 Å². The SMILES string of the molecule is C=C/C(Br)=c1/nc(C(=O)NC)cc/c1=C/C. The highest BCUT2D eigenvalue weighted by Crippen LogP contribution is 2.02. The number of carbonyl (C=O) groups is 1. The maximum absolute atomic E-state index is 11.4. The Hall–Kier alpha value is -1.42. The van der Waals surface area contributed by atoms with Crippen molar-refractivity contribution in [1.82, 2.24) is 10.3 Å². The van der Waals surface area contributed by atoms with Crippen molar-refractivity contribution in [3.8, 4) is 0 Å². The molecule has 4 heteroatoms. The van der Waals surface area contributed by atoms with Gasteiger partial charge in [-0.25, -0.2) is 4.98 Å². The van der Waals surface area contributed by atoms with E-state index in [1.54, 1.807) is 19.2 Å². The largest absolute Gasteiger partial charge is 0.354 e. The van der Waals surface area contributed by atoms with E-state index in [9.17, 15) is 4.79 Å². The molecule has 0 radical (unpaired) electrons. The van der Waals surface area contributed by atoms with Gasteiger partial charge in [0.25, 0.3) is 5.91 Å². The first-order valence-corrected chi connectivity index (χ1v) is 5.61. The Labute approximate surface area is 103 Å². The van der Waals surface area contributed by atoms with Crippen LogP contribution in [0.2, 0.25) is 0 Å². The van der Waals surface area contributed by atoms with Crippen molar-refractivity contribution in [1.29, 1.82) is 0 Å². The standard InChI is InChI=1S/C12H13BrN2O/c1-4-8-6-7-10(12(16)14-3)15-11(8)9(13)5-2/h4-7H,2H2,1,3H3,(H,14,16)/b8-4-,11-9-. The van der Waals surface area contributed by atoms with Crippen molar-refractivity contribution >= 4 is 32.4 Å². The molecule has 0 atom stereocenters. The lowest BCUT2D eigenvalue weighted by atomic mass is 10.2. The Morgan fingerprint density at radius 2 is 2.25 bits per heavy atom. The lowest BCUT2D eigenvalue weighted by molar-refractivity contribution is 0.0958. The van der Waals surface area contributed by atoms with Crippen LogP contribution in [0.15, 0.2) is 24.8 Å². The van der Waals surface area contributed by atoms with Crippen molar-refractivity contribution in [2.45, 2.75) is 6.92 Å². The highest BCUT2D eigenvalue weighted by Gasteiger charge is 2.04. The van der Waals surface area contributed by atoms with Crippen LogP contribution in [0, 0.1) is 0 Å². The molecule has 0 unspecified atom stereocenters. The minimum atomic E-state index is -0.201. The molecule has 0 fully saturated rings. The summed E-state index contributed by atoms with van der Waals surface area (Å²) in [5.74, 6) is -0.201. The lowest BCUT2D eigenvalue weighted by Crippen LogP contribution is -2.32. The number of nitrogens with zero attached hydrogens (tertiary/aromatic N) is 1. The maximum Gasteiger partial charge on any atom is 0.269 e. The maximum atomic E-state index is 11.4. The number of nitrogens with one attached hydrogen (secondary N) is 1. The van der Waals surface area contributed by atoms with Crippen LogP contribution in [0.25, 0.3) is 10.6 Å². The molecule has 0 saturated carbocycles. The average Bonchev–Trinajstić information content (AvgIpc) is 2.35. The van der Waals surface area contributed by atoms with E-state index in [0.717, 1.165) is 15.1 Å². The summed E-state index contributed by atoms with van der Waals surface area (Å²) >= 11 is 3.37. The minimum absolute atomic E-state index is 0.201. The van der Waals surface area contributed by atoms with Crippen LogP contribution in [0.4, 0.5) is 0 Å². The summed E-state index contributed by atoms with van der Waals surface area (Å²) in [7, 11) is 1.58. The zero-order chi connectivity index (χ0) is 12.1. The van der Waals surface area contributed by atoms with Gasteiger partial charge in [0.05, 0.1) is 5.35 Å². The molecule has 1 heterocycles. The molecule has 16 heavy (non-hydrogen) atoms. The fourth-order valence-electron chi connectivity index (χ4n) is 1.25. The van der Waals surface area contributed by atoms with Gasteiger partial charge in [0.15, 0.2) is 0 Å². The van der Waals surface area contributed by atoms with Gasteiger partial charge in [0.1, 0.15) is 5.69 Å². The van der Waals surface area contributed by atoms with Gasteiger partial charge in [0.2, 0.25) is 0 Å². The summed E-state index contributed by atoms with van der Waals surface area (Å²) in [6.45, 7) is 5.59. The molecule has 1 N–H and O–H groups in total. The second-order valence-corrected chi connectivity index (χ2v) is 3.91. The Balaban J connectivity index is 3.58. The molecule has 0 aromatic carbocycles. The second-order valence-electron chi connectivity index (χ2n) is 3.05. The number of rotatable bonds is 2. The third-order valence-electron chi connectivity index (χ3n) is 2.10. The average molecular weight is 281 g/mol. The molecule has 1 amide bonds. The molecule has 0 spiro atoms. The third kappa shape index (κ3) is 2.58. The number of halogens is 1. The van der Waals surface area contributed by atoms with Gasteiger partial charge < -0.3 is 5.32 Å². The van der Waals surface area contributed by atoms with Gasteiger partial charge in [-0.15, -0.1) is 0 Å². The summed E-state index contributed by atoms with van der Waals surface area (Å²) in [6.07, 6.45) is 3.59. The number of pyridine rings is 1. The van der Waals surface area contributed by atoms with Crippen LogP contribution in [0.3, 0.4) is 0 Å². The van der Waals surface area contributed by atoms with Crippen LogP contribution in [0.5, 0.6) is 0 Å². The highest BCUT2D eigenvalue weighted by molar-refractivity contribution is 9.15. The molecule has 0 aliphatic heterocycles. The first kappa shape index (κ1) is 12.6. The van der Waals surface area contributed by atoms with Crippen molar-refractivity contribution in [3.05, 3.63) is 41.0 Å². The summed E-state index contributed by atoms with van der Waals surface area (Å²) in [5.41, 5.74) is 0.391. The smallest absolute Gasteiger partial charge is 0.269 e. The van der Waals surface area contributed by atoms with Gasteiger partial charge in [-0.05, 0) is 34.1 Å². The Morgan fingerprint density at radius 1 is 1.56 bits per heavy atom. The quantitative estimate of drug-likeness (QED) is 0.876. The van der Waals surface area contributed by atoms with Gasteiger partial charge >= 0.3 is 0 Å². The monoisotopic (exact) mass is 280 g/mol. The predicted octanol–water partition coefficient (Wildman–Crippen LogP) is 0.931. The molecule has 84 valence electrons. The first-order chi connectivity index (χ1) is 7.63. The van der Waals surface area contributed by atoms with E-state index in [1.165, 1.54) is 0 Å². The van der Waals surface area contributed by atoms with Crippen LogP contribution >= 0.6 is 15.9 Å². The fraction of sp³-hybridized carbons (Fsp3) is 0.167. The number of allylic oxidation sites excluding steroid dienone is 1. The summed E-state index contributed by atoms with van der Waals surface area (Å²) in [5, 5.41) is 4.22. The van der Waals surface area contributed by atoms with E-state index >= 15 is 0 Å². The van der Waals surface area contributed by atoms with Crippen molar-refractivity contribution in [3.63, 3.8) is 0 Å². The first-order valence-electron chi connectivity index (χ1n) is 4.81. The number of carbonyl (C=O) groups excluding carboxylic acids is 1. The van der Waals surface area contributed by atoms with Gasteiger partial charge in [0, 0.05) is 11.5 Å². The Bertz CT molecular complexity index is 534. The van der Waals surface area contributed by atoms with E-state index in [0.29, 0.717) is 5.69 Å². The molecule has 0 aliphatic rings. The predicted molar refractivity (Wildman–Crippen MR) is 69.5 cm³/mol. The Morgan fingerprint density at radius 3 is 2.75 bits per heavy atom. The summed E-state index contributed by atoms with van der Waals surface area (Å²) < 4.78 is 0.770. The number of hydrogen-bond donors (Lipinski definition) is 1. The van der Waals surface area contributed by atoms with Crippen molar-refractivity contribution in [2.24, 2.45) is 0 Å². The van der Waals surface area contributed by atoms with E-state index in [4.69, 9.17) is 0 Å². The van der Waals surface area contributed by atoms with Crippen LogP contribution in [-0.2, 0) is 0 Å². The van der Waals surface area contributed by atoms with Crippen molar-refractivity contribution in [2.75, 3.05) is 7.05 Å². The molecular formula is C12H13BrN2O. The molecule has 1 rings (SSSR count). The molecule has 3 nitrogen and oxygen atoms in total. The van der Waals surface area contributed by atoms with E-state index in [2.05, 4.69) is 32.8 Å². The topological polar surface area (TPSA) is 42.0 Å². The molecular weight excluding hydrogens is 268 g/mol. The van der Waals surface area contributed by atoms with E-state index < -0.39 is 0 Å². The Kier molecular flexibility index (Phi) is 4.43. The van der Waals surface area contributed by atoms with Gasteiger partial charge in [-0.2, -0.15) is 0 Å². The summed E-state index contributed by atoms with van der Waals surface area (Å²) in [6, 6.07) is 3.55. The van der Waals surface area contributed by atoms with E-state index in [-0.39, 0.29) is 5.91 Å². The second kappa shape index (κ2) is 5.61. The van der Waals surface area contributed by atoms with E-state index in [1.807, 2.05) is 19.1 Å². The zero-order valence-electron chi connectivity index (χ0n) is 9.25. The van der Waals surface area contributed by atoms with Gasteiger partial charge in [-0.3, -0.25) is 4.79 Å². The normalized spacial score (nSPS) is 13.3. The molecule has 1 aromatic heterocycles. The van der Waals surface area contributed by atoms with Crippen LogP contribution in [-0.4, -0.2) is 17.9 Å². The van der Waals surface area contributed by atoms with Crippen LogP contribution in [0.1, 0.15) is 17.4 Å². The molecule has 1 aromatic rings. The minimum Gasteiger partial charge on any atom is -0.354 e. The fourth-order valence-corrected chi connectivity index (χ4v) is 1.56. The van der Waals surface area contributed by atoms with Gasteiger partial charge in [-0.1, -0.05) is 24.8 Å². The molecule has 0 saturated heterocycles. The zero-order valence-corrected chi connectivity index (χ0v) is 10.8. The highest BCUT2D eigenvalue weighted by atomic mass is 79.9. The molecule has 0 bridgehead atoms. The summed E-state index contributed by atoms with van der Waals surface area (Å²) in [4.78, 5) is 15.7. The third-order valence-corrected chi connectivity index (χ3v) is 2.80. The van der Waals surface area contributed by atoms with Crippen LogP contribution < -0.4 is 15.9 Å². The number of hydrogen-bond acceptors (Lipinski definition) is 2. The number of amides is 1.